The Kier molecular flexibility index (Phi) is 4.97. The summed E-state index contributed by atoms with van der Waals surface area (Å²) in [7, 11) is 1.48. The number of hydrogen-bond donors (Lipinski definition) is 1. The topological polar surface area (TPSA) is 75.7 Å². The van der Waals surface area contributed by atoms with Gasteiger partial charge in [-0.25, -0.2) is 9.18 Å². The van der Waals surface area contributed by atoms with Gasteiger partial charge in [0.2, 0.25) is 11.8 Å². The van der Waals surface area contributed by atoms with Gasteiger partial charge in [-0.2, -0.15) is 0 Å². The highest BCUT2D eigenvalue weighted by Crippen LogP contribution is 2.33. The molecule has 1 aliphatic rings. The fraction of sp³-hybridized carbons (Fsp3) is 0.211. The summed E-state index contributed by atoms with van der Waals surface area (Å²) in [6.07, 6.45) is -0.702. The molecule has 0 spiro atoms. The molecule has 0 bridgehead atoms. The van der Waals surface area contributed by atoms with E-state index in [1.54, 1.807) is 30.3 Å². The molecule has 2 amide bonds. The number of carbonyl (C=O) groups is 3. The van der Waals surface area contributed by atoms with E-state index in [1.807, 2.05) is 0 Å². The Morgan fingerprint density at radius 3 is 2.73 bits per heavy atom. The van der Waals surface area contributed by atoms with Crippen LogP contribution < -0.4 is 5.32 Å². The summed E-state index contributed by atoms with van der Waals surface area (Å²) in [6.45, 7) is -0.197. The molecule has 1 heterocycles. The third kappa shape index (κ3) is 3.88. The summed E-state index contributed by atoms with van der Waals surface area (Å²) in [5.74, 6) is -1.71. The molecule has 0 radical (unpaired) electrons. The summed E-state index contributed by atoms with van der Waals surface area (Å²) in [6, 6.07) is 12.4. The van der Waals surface area contributed by atoms with Crippen LogP contribution in [0.4, 0.5) is 10.1 Å². The zero-order chi connectivity index (χ0) is 18.7. The number of ether oxygens (including phenoxy) is 1. The predicted octanol–water partition coefficient (Wildman–Crippen LogP) is 2.52. The van der Waals surface area contributed by atoms with E-state index in [0.717, 1.165) is 0 Å². The molecule has 0 saturated carbocycles. The van der Waals surface area contributed by atoms with Crippen molar-refractivity contribution in [3.63, 3.8) is 0 Å². The van der Waals surface area contributed by atoms with E-state index in [0.29, 0.717) is 16.8 Å². The second-order valence-corrected chi connectivity index (χ2v) is 5.99. The zero-order valence-electron chi connectivity index (χ0n) is 14.1. The molecule has 1 aliphatic heterocycles. The fourth-order valence-electron chi connectivity index (χ4n) is 2.76. The second-order valence-electron chi connectivity index (χ2n) is 5.99. The Hall–Kier alpha value is -3.22. The minimum atomic E-state index is -0.653. The molecule has 0 unspecified atom stereocenters. The monoisotopic (exact) mass is 356 g/mol. The average molecular weight is 356 g/mol. The SMILES string of the molecule is CN(CC(=O)Nc1cccc(F)c1)C(=O)C[C@H]1OC(=O)c2ccccc21. The first-order chi connectivity index (χ1) is 12.4. The number of amides is 2. The smallest absolute Gasteiger partial charge is 0.339 e. The van der Waals surface area contributed by atoms with Gasteiger partial charge in [0.1, 0.15) is 11.9 Å². The van der Waals surface area contributed by atoms with Crippen molar-refractivity contribution in [1.29, 1.82) is 0 Å². The van der Waals surface area contributed by atoms with Crippen molar-refractivity contribution in [3.05, 3.63) is 65.5 Å². The lowest BCUT2D eigenvalue weighted by Crippen LogP contribution is -2.35. The minimum absolute atomic E-state index is 0.0491. The van der Waals surface area contributed by atoms with E-state index in [2.05, 4.69) is 5.32 Å². The highest BCUT2D eigenvalue weighted by molar-refractivity contribution is 5.96. The summed E-state index contributed by atoms with van der Waals surface area (Å²) >= 11 is 0. The third-order valence-electron chi connectivity index (χ3n) is 4.05. The predicted molar refractivity (Wildman–Crippen MR) is 91.9 cm³/mol. The zero-order valence-corrected chi connectivity index (χ0v) is 14.1. The largest absolute Gasteiger partial charge is 0.453 e. The number of rotatable bonds is 5. The minimum Gasteiger partial charge on any atom is -0.453 e. The maximum atomic E-state index is 13.1. The number of cyclic esters (lactones) is 1. The molecule has 2 aromatic carbocycles. The van der Waals surface area contributed by atoms with Crippen LogP contribution in [0.15, 0.2) is 48.5 Å². The van der Waals surface area contributed by atoms with E-state index in [9.17, 15) is 18.8 Å². The van der Waals surface area contributed by atoms with Gasteiger partial charge in [0.05, 0.1) is 18.5 Å². The lowest BCUT2D eigenvalue weighted by Gasteiger charge is -2.19. The number of hydrogen-bond acceptors (Lipinski definition) is 4. The second kappa shape index (κ2) is 7.35. The van der Waals surface area contributed by atoms with Gasteiger partial charge in [0, 0.05) is 18.3 Å². The van der Waals surface area contributed by atoms with Crippen LogP contribution in [0.25, 0.3) is 0 Å². The molecular formula is C19H17FN2O4. The highest BCUT2D eigenvalue weighted by atomic mass is 19.1. The van der Waals surface area contributed by atoms with Crippen LogP contribution in [0.1, 0.15) is 28.4 Å². The van der Waals surface area contributed by atoms with Crippen molar-refractivity contribution in [2.45, 2.75) is 12.5 Å². The summed E-state index contributed by atoms with van der Waals surface area (Å²) < 4.78 is 18.4. The van der Waals surface area contributed by atoms with E-state index >= 15 is 0 Å². The molecular weight excluding hydrogens is 339 g/mol. The van der Waals surface area contributed by atoms with Crippen molar-refractivity contribution in [1.82, 2.24) is 4.90 Å². The molecule has 0 saturated heterocycles. The number of benzene rings is 2. The quantitative estimate of drug-likeness (QED) is 0.836. The third-order valence-corrected chi connectivity index (χ3v) is 4.05. The number of fused-ring (bicyclic) bond motifs is 1. The first kappa shape index (κ1) is 17.6. The lowest BCUT2D eigenvalue weighted by atomic mass is 10.0. The van der Waals surface area contributed by atoms with Gasteiger partial charge >= 0.3 is 5.97 Å². The van der Waals surface area contributed by atoms with Crippen LogP contribution in [0.2, 0.25) is 0 Å². The number of nitrogens with one attached hydrogen (secondary N) is 1. The van der Waals surface area contributed by atoms with E-state index in [1.165, 1.54) is 30.1 Å². The molecule has 6 nitrogen and oxygen atoms in total. The van der Waals surface area contributed by atoms with Crippen LogP contribution in [-0.4, -0.2) is 36.3 Å². The molecule has 134 valence electrons. The van der Waals surface area contributed by atoms with Crippen molar-refractivity contribution in [3.8, 4) is 0 Å². The number of nitrogens with zero attached hydrogens (tertiary/aromatic N) is 1. The standard InChI is InChI=1S/C19H17FN2O4/c1-22(11-17(23)21-13-6-4-5-12(20)9-13)18(24)10-16-14-7-2-3-8-15(14)19(25)26-16/h2-9,16H,10-11H2,1H3,(H,21,23)/t16-/m1/s1. The van der Waals surface area contributed by atoms with Crippen molar-refractivity contribution < 1.29 is 23.5 Å². The molecule has 3 rings (SSSR count). The van der Waals surface area contributed by atoms with Crippen LogP contribution in [-0.2, 0) is 14.3 Å². The van der Waals surface area contributed by atoms with E-state index < -0.39 is 23.8 Å². The Morgan fingerprint density at radius 1 is 1.19 bits per heavy atom. The van der Waals surface area contributed by atoms with Gasteiger partial charge < -0.3 is 15.0 Å². The average Bonchev–Trinajstić information content (AvgIpc) is 2.91. The molecule has 1 atom stereocenters. The molecule has 2 aromatic rings. The van der Waals surface area contributed by atoms with Crippen molar-refractivity contribution >= 4 is 23.5 Å². The number of esters is 1. The molecule has 0 fully saturated rings. The van der Waals surface area contributed by atoms with Gasteiger partial charge in [-0.1, -0.05) is 24.3 Å². The van der Waals surface area contributed by atoms with Gasteiger partial charge in [-0.3, -0.25) is 9.59 Å². The Bertz CT molecular complexity index is 868. The summed E-state index contributed by atoms with van der Waals surface area (Å²) in [5.41, 5.74) is 1.44. The first-order valence-corrected chi connectivity index (χ1v) is 8.03. The van der Waals surface area contributed by atoms with Gasteiger partial charge in [-0.15, -0.1) is 0 Å². The Morgan fingerprint density at radius 2 is 1.96 bits per heavy atom. The van der Waals surface area contributed by atoms with Crippen molar-refractivity contribution in [2.75, 3.05) is 18.9 Å². The Labute approximate surface area is 149 Å². The van der Waals surface area contributed by atoms with Gasteiger partial charge in [0.25, 0.3) is 0 Å². The maximum Gasteiger partial charge on any atom is 0.339 e. The molecule has 1 N–H and O–H groups in total. The van der Waals surface area contributed by atoms with E-state index in [4.69, 9.17) is 4.74 Å². The Balaban J connectivity index is 1.57. The fourth-order valence-corrected chi connectivity index (χ4v) is 2.76. The van der Waals surface area contributed by atoms with Gasteiger partial charge in [0.15, 0.2) is 0 Å². The van der Waals surface area contributed by atoms with Gasteiger partial charge in [-0.05, 0) is 24.3 Å². The number of anilines is 1. The van der Waals surface area contributed by atoms with Crippen LogP contribution in [0.3, 0.4) is 0 Å². The van der Waals surface area contributed by atoms with Crippen molar-refractivity contribution in [2.24, 2.45) is 0 Å². The van der Waals surface area contributed by atoms with Crippen LogP contribution in [0.5, 0.6) is 0 Å². The maximum absolute atomic E-state index is 13.1. The van der Waals surface area contributed by atoms with Crippen LogP contribution >= 0.6 is 0 Å². The molecule has 7 heteroatoms. The number of carbonyl (C=O) groups excluding carboxylic acids is 3. The molecule has 0 aliphatic carbocycles. The molecule has 26 heavy (non-hydrogen) atoms. The summed E-state index contributed by atoms with van der Waals surface area (Å²) in [5, 5.41) is 2.53. The highest BCUT2D eigenvalue weighted by Gasteiger charge is 2.32. The molecule has 0 aromatic heterocycles. The van der Waals surface area contributed by atoms with Crippen LogP contribution in [0, 0.1) is 5.82 Å². The summed E-state index contributed by atoms with van der Waals surface area (Å²) in [4.78, 5) is 37.4. The van der Waals surface area contributed by atoms with E-state index in [-0.39, 0.29) is 18.9 Å². The normalized spacial score (nSPS) is 15.2. The first-order valence-electron chi connectivity index (χ1n) is 8.03. The lowest BCUT2D eigenvalue weighted by molar-refractivity contribution is -0.135. The number of halogens is 1. The number of likely N-dealkylation sites (N-methyl/N-ethyl adjacent to an activating group) is 1.